The number of aromatic nitrogens is 2. The molecule has 296 valence electrons. The van der Waals surface area contributed by atoms with E-state index in [1.807, 2.05) is 48.5 Å². The summed E-state index contributed by atoms with van der Waals surface area (Å²) in [6, 6.07) is 26.2. The van der Waals surface area contributed by atoms with E-state index < -0.39 is 31.5 Å². The summed E-state index contributed by atoms with van der Waals surface area (Å²) in [4.78, 5) is 93.1. The second-order valence-corrected chi connectivity index (χ2v) is 16.8. The molecule has 4 aromatic carbocycles. The van der Waals surface area contributed by atoms with Crippen molar-refractivity contribution >= 4 is 76.4 Å². The summed E-state index contributed by atoms with van der Waals surface area (Å²) in [7, 11) is -4.78. The van der Waals surface area contributed by atoms with Crippen LogP contribution in [0, 0.1) is 23.7 Å². The number of fused-ring (bicyclic) bond motifs is 8. The lowest BCUT2D eigenvalue weighted by atomic mass is 9.79. The topological polar surface area (TPSA) is 175 Å². The first kappa shape index (κ1) is 36.7. The van der Waals surface area contributed by atoms with Crippen molar-refractivity contribution in [3.8, 4) is 11.5 Å². The molecule has 10 rings (SSSR count). The van der Waals surface area contributed by atoms with Gasteiger partial charge in [-0.25, -0.2) is 4.57 Å². The zero-order valence-electron chi connectivity index (χ0n) is 31.7. The number of hydrogen-bond donors (Lipinski definition) is 1. The Morgan fingerprint density at radius 2 is 0.881 bits per heavy atom. The van der Waals surface area contributed by atoms with Crippen molar-refractivity contribution < 1.29 is 47.3 Å². The molecule has 0 radical (unpaired) electrons. The summed E-state index contributed by atoms with van der Waals surface area (Å²) >= 11 is 0. The highest BCUT2D eigenvalue weighted by atomic mass is 31.2. The lowest BCUT2D eigenvalue weighted by molar-refractivity contribution is -0.124. The molecule has 14 nitrogen and oxygen atoms in total. The molecule has 4 heterocycles. The fourth-order valence-electron chi connectivity index (χ4n) is 9.77. The van der Waals surface area contributed by atoms with Gasteiger partial charge in [0.1, 0.15) is 11.5 Å². The van der Waals surface area contributed by atoms with Crippen molar-refractivity contribution in [2.75, 3.05) is 9.80 Å². The van der Waals surface area contributed by atoms with Crippen LogP contribution in [-0.4, -0.2) is 49.5 Å². The van der Waals surface area contributed by atoms with E-state index in [-0.39, 0.29) is 71.2 Å². The predicted molar refractivity (Wildman–Crippen MR) is 214 cm³/mol. The molecule has 0 saturated carbocycles. The van der Waals surface area contributed by atoms with Crippen LogP contribution >= 0.6 is 7.82 Å². The van der Waals surface area contributed by atoms with Gasteiger partial charge in [0.25, 0.3) is 0 Å². The van der Waals surface area contributed by atoms with Crippen LogP contribution in [0.2, 0.25) is 0 Å². The quantitative estimate of drug-likeness (QED) is 0.149. The van der Waals surface area contributed by atoms with Gasteiger partial charge in [0, 0.05) is 48.8 Å². The SMILES string of the molecule is CC(=O)n1c2c(c3ccccc31)CC1C(=O)N(c3ccc(OP(=O)(O)Oc4ccc(N5C(=O)C6Cc7c(n(C(C)=O)c8ccccc78)CC6C5=O)cc4)cc3)C(=O)C1C2. The first-order chi connectivity index (χ1) is 28.3. The Bertz CT molecular complexity index is 2720. The van der Waals surface area contributed by atoms with Crippen molar-refractivity contribution in [1.29, 1.82) is 0 Å². The Hall–Kier alpha value is -6.63. The lowest BCUT2D eigenvalue weighted by Crippen LogP contribution is -2.31. The Labute approximate surface area is 336 Å². The van der Waals surface area contributed by atoms with E-state index in [9.17, 15) is 38.2 Å². The van der Waals surface area contributed by atoms with E-state index >= 15 is 0 Å². The number of anilines is 2. The van der Waals surface area contributed by atoms with Gasteiger partial charge in [0.15, 0.2) is 0 Å². The van der Waals surface area contributed by atoms with Crippen molar-refractivity contribution in [2.24, 2.45) is 23.7 Å². The number of benzene rings is 4. The molecule has 0 spiro atoms. The highest BCUT2D eigenvalue weighted by Crippen LogP contribution is 2.48. The van der Waals surface area contributed by atoms with Crippen molar-refractivity contribution in [3.05, 3.63) is 120 Å². The summed E-state index contributed by atoms with van der Waals surface area (Å²) in [5, 5.41) is 1.77. The molecule has 1 N–H and O–H groups in total. The number of hydrogen-bond acceptors (Lipinski definition) is 9. The van der Waals surface area contributed by atoms with Crippen LogP contribution in [-0.2, 0) is 49.4 Å². The molecule has 4 unspecified atom stereocenters. The molecule has 4 amide bonds. The molecule has 4 aliphatic rings. The minimum Gasteiger partial charge on any atom is -0.395 e. The van der Waals surface area contributed by atoms with Crippen LogP contribution in [0.3, 0.4) is 0 Å². The average Bonchev–Trinajstić information content (AvgIpc) is 3.88. The van der Waals surface area contributed by atoms with E-state index in [4.69, 9.17) is 9.05 Å². The number of para-hydroxylation sites is 2. The van der Waals surface area contributed by atoms with Gasteiger partial charge in [0.2, 0.25) is 35.4 Å². The molecule has 4 atom stereocenters. The van der Waals surface area contributed by atoms with E-state index in [2.05, 4.69) is 0 Å². The predicted octanol–water partition coefficient (Wildman–Crippen LogP) is 6.28. The Morgan fingerprint density at radius 1 is 0.542 bits per heavy atom. The second kappa shape index (κ2) is 13.2. The molecule has 2 aliphatic heterocycles. The first-order valence-electron chi connectivity index (χ1n) is 19.2. The maximum atomic E-state index is 13.7. The minimum absolute atomic E-state index is 0.0654. The van der Waals surface area contributed by atoms with E-state index in [1.54, 1.807) is 9.13 Å². The number of rotatable bonds is 6. The summed E-state index contributed by atoms with van der Waals surface area (Å²) in [5.74, 6) is -4.46. The fourth-order valence-corrected chi connectivity index (χ4v) is 10.6. The zero-order valence-corrected chi connectivity index (χ0v) is 32.6. The number of phosphoric acid groups is 1. The maximum absolute atomic E-state index is 13.7. The first-order valence-corrected chi connectivity index (χ1v) is 20.7. The largest absolute Gasteiger partial charge is 0.584 e. The monoisotopic (exact) mass is 810 g/mol. The third-order valence-corrected chi connectivity index (χ3v) is 13.1. The van der Waals surface area contributed by atoms with Gasteiger partial charge in [-0.3, -0.25) is 52.6 Å². The molecule has 59 heavy (non-hydrogen) atoms. The molecule has 15 heteroatoms. The van der Waals surface area contributed by atoms with Gasteiger partial charge in [-0.05, 0) is 84.6 Å². The fraction of sp³-hybridized carbons (Fsp3) is 0.227. The van der Waals surface area contributed by atoms with Crippen LogP contribution < -0.4 is 18.8 Å². The molecule has 2 aromatic heterocycles. The van der Waals surface area contributed by atoms with E-state index in [1.165, 1.54) is 62.4 Å². The van der Waals surface area contributed by atoms with Crippen molar-refractivity contribution in [1.82, 2.24) is 9.13 Å². The van der Waals surface area contributed by atoms with Gasteiger partial charge in [-0.1, -0.05) is 36.4 Å². The Balaban J connectivity index is 0.810. The number of phosphoric ester groups is 1. The Morgan fingerprint density at radius 3 is 1.24 bits per heavy atom. The highest BCUT2D eigenvalue weighted by molar-refractivity contribution is 7.48. The highest BCUT2D eigenvalue weighted by Gasteiger charge is 2.53. The van der Waals surface area contributed by atoms with E-state index in [0.29, 0.717) is 12.8 Å². The van der Waals surface area contributed by atoms with Gasteiger partial charge in [-0.2, -0.15) is 0 Å². The summed E-state index contributed by atoms with van der Waals surface area (Å²) < 4.78 is 27.0. The molecule has 2 fully saturated rings. The van der Waals surface area contributed by atoms with Gasteiger partial charge in [0.05, 0.1) is 46.1 Å². The summed E-state index contributed by atoms with van der Waals surface area (Å²) in [6.45, 7) is 2.95. The summed E-state index contributed by atoms with van der Waals surface area (Å²) in [6.07, 6.45) is 1.11. The van der Waals surface area contributed by atoms with E-state index in [0.717, 1.165) is 54.1 Å². The molecule has 0 bridgehead atoms. The van der Waals surface area contributed by atoms with Crippen molar-refractivity contribution in [3.63, 3.8) is 0 Å². The normalized spacial score (nSPS) is 21.9. The minimum atomic E-state index is -4.78. The third-order valence-electron chi connectivity index (χ3n) is 12.2. The zero-order chi connectivity index (χ0) is 41.1. The van der Waals surface area contributed by atoms with Crippen LogP contribution in [0.25, 0.3) is 21.8 Å². The smallest absolute Gasteiger partial charge is 0.395 e. The Kier molecular flexibility index (Phi) is 8.21. The molecule has 2 aliphatic carbocycles. The van der Waals surface area contributed by atoms with Crippen LogP contribution in [0.15, 0.2) is 97.1 Å². The number of nitrogens with zero attached hydrogens (tertiary/aromatic N) is 4. The number of carbonyl (C=O) groups is 6. The van der Waals surface area contributed by atoms with Gasteiger partial charge >= 0.3 is 7.82 Å². The van der Waals surface area contributed by atoms with Crippen LogP contribution in [0.5, 0.6) is 11.5 Å². The number of amides is 4. The molecule has 2 saturated heterocycles. The summed E-state index contributed by atoms with van der Waals surface area (Å²) in [5.41, 5.74) is 5.31. The van der Waals surface area contributed by atoms with Crippen LogP contribution in [0.1, 0.15) is 46.0 Å². The number of carbonyl (C=O) groups excluding carboxylic acids is 6. The van der Waals surface area contributed by atoms with Crippen molar-refractivity contribution in [2.45, 2.75) is 39.5 Å². The second-order valence-electron chi connectivity index (χ2n) is 15.5. The standard InChI is InChI=1S/C44H35N4O10P/c1-23(49)45-37-9-5-3-7-29(37)31-19-33-35(21-39(31)45)43(53)47(41(33)51)25-11-15-27(16-12-25)57-59(55,56)58-28-17-13-26(14-18-28)48-42(52)34-20-32-30-8-4-6-10-38(30)46(24(2)50)40(32)22-36(34)44(48)54/h3-18,33-36H,19-22H2,1-2H3,(H,55,56). The molecular weight excluding hydrogens is 775 g/mol. The third kappa shape index (κ3) is 5.61. The maximum Gasteiger partial charge on any atom is 0.584 e. The molecule has 6 aromatic rings. The average molecular weight is 811 g/mol. The number of imide groups is 2. The molecular formula is C44H35N4O10P. The van der Waals surface area contributed by atoms with Gasteiger partial charge < -0.3 is 9.05 Å². The lowest BCUT2D eigenvalue weighted by Gasteiger charge is -2.23. The van der Waals surface area contributed by atoms with Gasteiger partial charge in [-0.15, -0.1) is 0 Å². The van der Waals surface area contributed by atoms with Crippen LogP contribution in [0.4, 0.5) is 11.4 Å².